The average molecular weight is 347 g/mol. The monoisotopic (exact) mass is 347 g/mol. The fourth-order valence-corrected chi connectivity index (χ4v) is 3.81. The van der Waals surface area contributed by atoms with Gasteiger partial charge in [0.25, 0.3) is 0 Å². The van der Waals surface area contributed by atoms with E-state index in [-0.39, 0.29) is 5.78 Å². The number of rotatable bonds is 4. The zero-order valence-corrected chi connectivity index (χ0v) is 14.9. The largest absolute Gasteiger partial charge is 0.347 e. The highest BCUT2D eigenvalue weighted by molar-refractivity contribution is 6.11. The molecule has 4 rings (SSSR count). The van der Waals surface area contributed by atoms with Gasteiger partial charge in [0.1, 0.15) is 5.82 Å². The molecule has 26 heavy (non-hydrogen) atoms. The first-order valence-corrected chi connectivity index (χ1v) is 9.18. The molecule has 0 N–H and O–H groups in total. The van der Waals surface area contributed by atoms with E-state index in [2.05, 4.69) is 16.3 Å². The molecule has 3 aromatic rings. The normalized spacial score (nSPS) is 15.2. The van der Waals surface area contributed by atoms with E-state index in [4.69, 9.17) is 0 Å². The highest BCUT2D eigenvalue weighted by atomic mass is 16.1. The molecule has 0 radical (unpaired) electrons. The van der Waals surface area contributed by atoms with E-state index in [0.29, 0.717) is 11.4 Å². The Labute approximate surface area is 152 Å². The molecule has 0 fully saturated rings. The first kappa shape index (κ1) is 16.5. The highest BCUT2D eigenvalue weighted by Gasteiger charge is 2.30. The second kappa shape index (κ2) is 6.75. The van der Waals surface area contributed by atoms with Crippen LogP contribution in [0.4, 0.5) is 0 Å². The lowest BCUT2D eigenvalue weighted by Gasteiger charge is -2.10. The number of fused-ring (bicyclic) bond motifs is 2. The Balaban J connectivity index is 1.78. The van der Waals surface area contributed by atoms with Crippen molar-refractivity contribution in [2.75, 3.05) is 0 Å². The molecule has 1 aliphatic rings. The summed E-state index contributed by atoms with van der Waals surface area (Å²) in [5.74, 6) is 0.255. The quantitative estimate of drug-likeness (QED) is 0.677. The molecule has 1 aliphatic heterocycles. The maximum Gasteiger partial charge on any atom is 0.189 e. The molecule has 0 bridgehead atoms. The number of carbonyl (C=O) groups excluding carboxylic acids is 1. The van der Waals surface area contributed by atoms with Crippen LogP contribution in [0.2, 0.25) is 0 Å². The van der Waals surface area contributed by atoms with Crippen LogP contribution in [0, 0.1) is 11.3 Å². The third-order valence-corrected chi connectivity index (χ3v) is 5.18. The van der Waals surface area contributed by atoms with Crippen LogP contribution < -0.4 is 0 Å². The minimum absolute atomic E-state index is 0.199. The molecule has 6 nitrogen and oxygen atoms in total. The summed E-state index contributed by atoms with van der Waals surface area (Å²) in [6.07, 6.45) is 5.95. The Morgan fingerprint density at radius 3 is 2.92 bits per heavy atom. The molecule has 1 aromatic carbocycles. The van der Waals surface area contributed by atoms with Crippen molar-refractivity contribution in [3.05, 3.63) is 47.7 Å². The highest BCUT2D eigenvalue weighted by Crippen LogP contribution is 2.28. The molecule has 6 heteroatoms. The van der Waals surface area contributed by atoms with Gasteiger partial charge in [0.05, 0.1) is 6.07 Å². The molecule has 0 saturated heterocycles. The first-order valence-electron chi connectivity index (χ1n) is 9.18. The average Bonchev–Trinajstić information content (AvgIpc) is 3.15. The Morgan fingerprint density at radius 2 is 2.12 bits per heavy atom. The number of hydrogen-bond donors (Lipinski definition) is 0. The summed E-state index contributed by atoms with van der Waals surface area (Å²) in [5, 5.41) is 19.1. The van der Waals surface area contributed by atoms with E-state index < -0.39 is 5.92 Å². The van der Waals surface area contributed by atoms with Crippen molar-refractivity contribution >= 4 is 16.7 Å². The Hall–Kier alpha value is -2.94. The number of aryl methyl sites for hydroxylation is 2. The van der Waals surface area contributed by atoms with E-state index in [1.165, 1.54) is 0 Å². The van der Waals surface area contributed by atoms with Crippen LogP contribution >= 0.6 is 0 Å². The summed E-state index contributed by atoms with van der Waals surface area (Å²) in [7, 11) is 0. The topological polar surface area (TPSA) is 76.5 Å². The Bertz CT molecular complexity index is 1010. The van der Waals surface area contributed by atoms with Gasteiger partial charge >= 0.3 is 0 Å². The standard InChI is InChI=1S/C20H21N5O/c1-2-24-13-16(14-8-5-6-9-17(14)24)19(26)15(12-21)20-23-22-18-10-4-3-7-11-25(18)20/h5-6,8-9,13,15H,2-4,7,10-11H2,1H3. The van der Waals surface area contributed by atoms with Gasteiger partial charge in [-0.2, -0.15) is 5.26 Å². The van der Waals surface area contributed by atoms with E-state index in [0.717, 1.165) is 55.5 Å². The zero-order valence-electron chi connectivity index (χ0n) is 14.9. The van der Waals surface area contributed by atoms with Gasteiger partial charge in [-0.25, -0.2) is 0 Å². The van der Waals surface area contributed by atoms with Crippen molar-refractivity contribution < 1.29 is 4.79 Å². The van der Waals surface area contributed by atoms with Crippen LogP contribution in [0.3, 0.4) is 0 Å². The predicted octanol–water partition coefficient (Wildman–Crippen LogP) is 3.47. The van der Waals surface area contributed by atoms with Gasteiger partial charge < -0.3 is 9.13 Å². The molecular weight excluding hydrogens is 326 g/mol. The molecule has 132 valence electrons. The van der Waals surface area contributed by atoms with Gasteiger partial charge in [-0.15, -0.1) is 10.2 Å². The van der Waals surface area contributed by atoms with E-state index >= 15 is 0 Å². The first-order chi connectivity index (χ1) is 12.7. The molecular formula is C20H21N5O. The number of ketones is 1. The van der Waals surface area contributed by atoms with Gasteiger partial charge in [-0.1, -0.05) is 24.6 Å². The smallest absolute Gasteiger partial charge is 0.189 e. The van der Waals surface area contributed by atoms with Gasteiger partial charge in [0.15, 0.2) is 17.5 Å². The molecule has 0 spiro atoms. The van der Waals surface area contributed by atoms with Crippen molar-refractivity contribution in [3.8, 4) is 6.07 Å². The molecule has 0 saturated carbocycles. The van der Waals surface area contributed by atoms with E-state index in [1.807, 2.05) is 46.5 Å². The number of carbonyl (C=O) groups is 1. The summed E-state index contributed by atoms with van der Waals surface area (Å²) in [5.41, 5.74) is 1.59. The number of aromatic nitrogens is 4. The van der Waals surface area contributed by atoms with Crippen molar-refractivity contribution in [3.63, 3.8) is 0 Å². The van der Waals surface area contributed by atoms with Crippen LogP contribution in [0.15, 0.2) is 30.5 Å². The zero-order chi connectivity index (χ0) is 18.1. The van der Waals surface area contributed by atoms with E-state index in [1.54, 1.807) is 0 Å². The van der Waals surface area contributed by atoms with E-state index in [9.17, 15) is 10.1 Å². The number of hydrogen-bond acceptors (Lipinski definition) is 4. The van der Waals surface area contributed by atoms with Crippen LogP contribution in [0.25, 0.3) is 10.9 Å². The summed E-state index contributed by atoms with van der Waals surface area (Å²) >= 11 is 0. The minimum atomic E-state index is -0.925. The molecule has 0 aliphatic carbocycles. The number of Topliss-reactive ketones (excluding diaryl/α,β-unsaturated/α-hetero) is 1. The summed E-state index contributed by atoms with van der Waals surface area (Å²) < 4.78 is 4.03. The van der Waals surface area contributed by atoms with Crippen molar-refractivity contribution in [1.82, 2.24) is 19.3 Å². The van der Waals surface area contributed by atoms with Crippen molar-refractivity contribution in [1.29, 1.82) is 5.26 Å². The molecule has 1 unspecified atom stereocenters. The fourth-order valence-electron chi connectivity index (χ4n) is 3.81. The maximum atomic E-state index is 13.3. The third-order valence-electron chi connectivity index (χ3n) is 5.18. The van der Waals surface area contributed by atoms with Crippen LogP contribution in [-0.4, -0.2) is 25.1 Å². The lowest BCUT2D eigenvalue weighted by atomic mass is 9.97. The lowest BCUT2D eigenvalue weighted by Crippen LogP contribution is -2.17. The molecule has 0 amide bonds. The number of nitriles is 1. The second-order valence-corrected chi connectivity index (χ2v) is 6.71. The predicted molar refractivity (Wildman–Crippen MR) is 97.9 cm³/mol. The molecule has 2 aromatic heterocycles. The molecule has 1 atom stereocenters. The third kappa shape index (κ3) is 2.60. The van der Waals surface area contributed by atoms with Gasteiger partial charge in [0.2, 0.25) is 0 Å². The summed E-state index contributed by atoms with van der Waals surface area (Å²) in [4.78, 5) is 13.3. The van der Waals surface area contributed by atoms with Gasteiger partial charge in [-0.05, 0) is 25.8 Å². The Kier molecular flexibility index (Phi) is 4.29. The lowest BCUT2D eigenvalue weighted by molar-refractivity contribution is 0.0976. The van der Waals surface area contributed by atoms with Crippen LogP contribution in [0.1, 0.15) is 54.1 Å². The summed E-state index contributed by atoms with van der Waals surface area (Å²) in [6.45, 7) is 3.59. The Morgan fingerprint density at radius 1 is 1.27 bits per heavy atom. The SMILES string of the molecule is CCn1cc(C(=O)C(C#N)c2nnc3n2CCCCC3)c2ccccc21. The number of benzene rings is 1. The number of para-hydroxylation sites is 1. The van der Waals surface area contributed by atoms with Crippen LogP contribution in [0.5, 0.6) is 0 Å². The minimum Gasteiger partial charge on any atom is -0.347 e. The molecule has 3 heterocycles. The van der Waals surface area contributed by atoms with Crippen LogP contribution in [-0.2, 0) is 19.5 Å². The maximum absolute atomic E-state index is 13.3. The fraction of sp³-hybridized carbons (Fsp3) is 0.400. The number of nitrogens with zero attached hydrogens (tertiary/aromatic N) is 5. The van der Waals surface area contributed by atoms with Crippen molar-refractivity contribution in [2.24, 2.45) is 0 Å². The van der Waals surface area contributed by atoms with Gasteiger partial charge in [0, 0.05) is 42.2 Å². The van der Waals surface area contributed by atoms with Gasteiger partial charge in [-0.3, -0.25) is 4.79 Å². The second-order valence-electron chi connectivity index (χ2n) is 6.71. The summed E-state index contributed by atoms with van der Waals surface area (Å²) in [6, 6.07) is 10.0. The van der Waals surface area contributed by atoms with Crippen molar-refractivity contribution in [2.45, 2.75) is 51.6 Å².